The summed E-state index contributed by atoms with van der Waals surface area (Å²) < 4.78 is 0. The van der Waals surface area contributed by atoms with Crippen LogP contribution in [0.15, 0.2) is 53.6 Å². The van der Waals surface area contributed by atoms with Gasteiger partial charge in [0.15, 0.2) is 5.78 Å². The minimum absolute atomic E-state index is 0.0285. The summed E-state index contributed by atoms with van der Waals surface area (Å²) in [6.45, 7) is 4.08. The van der Waals surface area contributed by atoms with E-state index >= 15 is 0 Å². The molecule has 0 saturated heterocycles. The molecule has 0 amide bonds. The number of Topliss-reactive ketones (excluding diaryl/α,β-unsaturated/α-hetero) is 1. The van der Waals surface area contributed by atoms with Gasteiger partial charge in [0.25, 0.3) is 0 Å². The van der Waals surface area contributed by atoms with E-state index in [9.17, 15) is 4.79 Å². The predicted molar refractivity (Wildman–Crippen MR) is 78.4 cm³/mol. The van der Waals surface area contributed by atoms with Gasteiger partial charge in [-0.05, 0) is 31.2 Å². The second kappa shape index (κ2) is 5.98. The van der Waals surface area contributed by atoms with Gasteiger partial charge >= 0.3 is 0 Å². The van der Waals surface area contributed by atoms with Crippen molar-refractivity contribution in [1.82, 2.24) is 0 Å². The first kappa shape index (κ1) is 13.8. The third-order valence-electron chi connectivity index (χ3n) is 3.40. The zero-order chi connectivity index (χ0) is 13.8. The van der Waals surface area contributed by atoms with Crippen molar-refractivity contribution in [3.8, 4) is 0 Å². The molecule has 0 heterocycles. The molecular weight excluding hydrogens is 234 g/mol. The van der Waals surface area contributed by atoms with E-state index in [2.05, 4.69) is 13.3 Å². The fourth-order valence-electron chi connectivity index (χ4n) is 2.36. The topological polar surface area (TPSA) is 43.1 Å². The van der Waals surface area contributed by atoms with E-state index in [1.54, 1.807) is 0 Å². The van der Waals surface area contributed by atoms with E-state index < -0.39 is 6.04 Å². The lowest BCUT2D eigenvalue weighted by molar-refractivity contribution is -0.116. The molecule has 0 aromatic heterocycles. The lowest BCUT2D eigenvalue weighted by Crippen LogP contribution is -2.34. The van der Waals surface area contributed by atoms with Gasteiger partial charge in [0, 0.05) is 5.57 Å². The number of rotatable bonds is 4. The zero-order valence-electron chi connectivity index (χ0n) is 11.5. The number of allylic oxidation sites excluding steroid dienone is 3. The second-order valence-electron chi connectivity index (χ2n) is 5.14. The molecular formula is C17H20NO. The van der Waals surface area contributed by atoms with Crippen LogP contribution in [0.25, 0.3) is 0 Å². The van der Waals surface area contributed by atoms with Crippen LogP contribution in [0.2, 0.25) is 0 Å². The SMILES string of the molecule is CC1=C(C(=O)[C@@H](N)Cc2ccccc2)C=CC(C)[CH]1. The summed E-state index contributed by atoms with van der Waals surface area (Å²) in [6, 6.07) is 9.42. The maximum Gasteiger partial charge on any atom is 0.179 e. The van der Waals surface area contributed by atoms with Crippen molar-refractivity contribution < 1.29 is 4.79 Å². The summed E-state index contributed by atoms with van der Waals surface area (Å²) in [6.07, 6.45) is 6.63. The fourth-order valence-corrected chi connectivity index (χ4v) is 2.36. The van der Waals surface area contributed by atoms with Crippen molar-refractivity contribution in [2.45, 2.75) is 26.3 Å². The van der Waals surface area contributed by atoms with E-state index in [0.29, 0.717) is 12.3 Å². The van der Waals surface area contributed by atoms with Crippen LogP contribution in [-0.4, -0.2) is 11.8 Å². The minimum atomic E-state index is -0.473. The van der Waals surface area contributed by atoms with Crippen LogP contribution in [0.5, 0.6) is 0 Å². The van der Waals surface area contributed by atoms with Crippen molar-refractivity contribution in [2.24, 2.45) is 11.7 Å². The molecule has 2 N–H and O–H groups in total. The maximum atomic E-state index is 12.4. The molecule has 2 atom stereocenters. The first-order chi connectivity index (χ1) is 9.08. The lowest BCUT2D eigenvalue weighted by Gasteiger charge is -2.19. The summed E-state index contributed by atoms with van der Waals surface area (Å²) in [5, 5.41) is 0. The van der Waals surface area contributed by atoms with Gasteiger partial charge in [0.1, 0.15) is 0 Å². The Kier molecular flexibility index (Phi) is 4.33. The van der Waals surface area contributed by atoms with Crippen molar-refractivity contribution in [3.05, 3.63) is 65.6 Å². The Bertz CT molecular complexity index is 513. The normalized spacial score (nSPS) is 20.5. The molecule has 19 heavy (non-hydrogen) atoms. The molecule has 1 unspecified atom stereocenters. The van der Waals surface area contributed by atoms with Crippen LogP contribution < -0.4 is 5.73 Å². The van der Waals surface area contributed by atoms with E-state index in [-0.39, 0.29) is 5.78 Å². The highest BCUT2D eigenvalue weighted by Crippen LogP contribution is 2.23. The first-order valence-corrected chi connectivity index (χ1v) is 6.65. The average Bonchev–Trinajstić information content (AvgIpc) is 2.39. The lowest BCUT2D eigenvalue weighted by atomic mass is 9.87. The Hall–Kier alpha value is -1.67. The van der Waals surface area contributed by atoms with Crippen LogP contribution in [0, 0.1) is 12.3 Å². The predicted octanol–water partition coefficient (Wildman–Crippen LogP) is 2.85. The summed E-state index contributed by atoms with van der Waals surface area (Å²) in [7, 11) is 0. The van der Waals surface area contributed by atoms with Crippen LogP contribution in [0.1, 0.15) is 19.4 Å². The molecule has 0 bridgehead atoms. The highest BCUT2D eigenvalue weighted by molar-refractivity contribution is 6.03. The quantitative estimate of drug-likeness (QED) is 0.897. The standard InChI is InChI=1S/C17H20NO/c1-12-8-9-15(13(2)10-12)17(19)16(18)11-14-6-4-3-5-7-14/h3-10,12,16H,11,18H2,1-2H3/t12?,16-/m0/s1. The van der Waals surface area contributed by atoms with Crippen LogP contribution >= 0.6 is 0 Å². The Balaban J connectivity index is 2.08. The first-order valence-electron chi connectivity index (χ1n) is 6.65. The summed E-state index contributed by atoms with van der Waals surface area (Å²) >= 11 is 0. The summed E-state index contributed by atoms with van der Waals surface area (Å²) in [4.78, 5) is 12.4. The molecule has 2 heteroatoms. The minimum Gasteiger partial charge on any atom is -0.321 e. The highest BCUT2D eigenvalue weighted by Gasteiger charge is 2.21. The molecule has 0 fully saturated rings. The van der Waals surface area contributed by atoms with Crippen LogP contribution in [0.4, 0.5) is 0 Å². The Morgan fingerprint density at radius 1 is 1.32 bits per heavy atom. The molecule has 0 aliphatic heterocycles. The molecule has 0 saturated carbocycles. The van der Waals surface area contributed by atoms with Gasteiger partial charge in [0.05, 0.1) is 6.04 Å². The molecule has 2 rings (SSSR count). The third kappa shape index (κ3) is 3.42. The van der Waals surface area contributed by atoms with E-state index in [4.69, 9.17) is 5.73 Å². The molecule has 1 aromatic carbocycles. The van der Waals surface area contributed by atoms with Gasteiger partial charge in [-0.3, -0.25) is 4.79 Å². The van der Waals surface area contributed by atoms with Gasteiger partial charge in [0.2, 0.25) is 0 Å². The van der Waals surface area contributed by atoms with Crippen LogP contribution in [0.3, 0.4) is 0 Å². The maximum absolute atomic E-state index is 12.4. The molecule has 2 nitrogen and oxygen atoms in total. The Morgan fingerprint density at radius 2 is 2.00 bits per heavy atom. The van der Waals surface area contributed by atoms with Crippen molar-refractivity contribution in [1.29, 1.82) is 0 Å². The molecule has 1 radical (unpaired) electrons. The van der Waals surface area contributed by atoms with E-state index in [0.717, 1.165) is 16.7 Å². The number of ketones is 1. The van der Waals surface area contributed by atoms with E-state index in [1.165, 1.54) is 0 Å². The monoisotopic (exact) mass is 254 g/mol. The van der Waals surface area contributed by atoms with Crippen molar-refractivity contribution in [2.75, 3.05) is 0 Å². The molecule has 1 aromatic rings. The van der Waals surface area contributed by atoms with Gasteiger partial charge in [-0.15, -0.1) is 0 Å². The number of hydrogen-bond donors (Lipinski definition) is 1. The van der Waals surface area contributed by atoms with Crippen molar-refractivity contribution >= 4 is 5.78 Å². The second-order valence-corrected chi connectivity index (χ2v) is 5.14. The molecule has 1 aliphatic carbocycles. The Labute approximate surface area is 115 Å². The number of carbonyl (C=O) groups excluding carboxylic acids is 1. The summed E-state index contributed by atoms with van der Waals surface area (Å²) in [5.74, 6) is 0.419. The fraction of sp³-hybridized carbons (Fsp3) is 0.294. The van der Waals surface area contributed by atoms with Crippen LogP contribution in [-0.2, 0) is 11.2 Å². The number of benzene rings is 1. The van der Waals surface area contributed by atoms with Crippen molar-refractivity contribution in [3.63, 3.8) is 0 Å². The third-order valence-corrected chi connectivity index (χ3v) is 3.40. The van der Waals surface area contributed by atoms with Gasteiger partial charge < -0.3 is 5.73 Å². The summed E-state index contributed by atoms with van der Waals surface area (Å²) in [5.41, 5.74) is 8.92. The average molecular weight is 254 g/mol. The zero-order valence-corrected chi connectivity index (χ0v) is 11.5. The smallest absolute Gasteiger partial charge is 0.179 e. The van der Waals surface area contributed by atoms with E-state index in [1.807, 2.05) is 49.4 Å². The van der Waals surface area contributed by atoms with Gasteiger partial charge in [-0.25, -0.2) is 0 Å². The Morgan fingerprint density at radius 3 is 2.63 bits per heavy atom. The van der Waals surface area contributed by atoms with Gasteiger partial charge in [-0.2, -0.15) is 0 Å². The molecule has 1 aliphatic rings. The number of carbonyl (C=O) groups is 1. The van der Waals surface area contributed by atoms with Gasteiger partial charge in [-0.1, -0.05) is 55.0 Å². The molecule has 99 valence electrons. The molecule has 0 spiro atoms. The highest BCUT2D eigenvalue weighted by atomic mass is 16.1. The number of nitrogens with two attached hydrogens (primary N) is 1. The number of hydrogen-bond acceptors (Lipinski definition) is 2. The largest absolute Gasteiger partial charge is 0.321 e.